The Hall–Kier alpha value is -2.94. The highest BCUT2D eigenvalue weighted by Gasteiger charge is 2.21. The van der Waals surface area contributed by atoms with Gasteiger partial charge in [0, 0.05) is 30.2 Å². The third-order valence-electron chi connectivity index (χ3n) is 5.02. The molecule has 0 atom stereocenters. The van der Waals surface area contributed by atoms with Crippen molar-refractivity contribution in [2.45, 2.75) is 53.8 Å². The lowest BCUT2D eigenvalue weighted by Crippen LogP contribution is -2.37. The molecule has 5 nitrogen and oxygen atoms in total. The molecular weight excluding hydrogens is 420 g/mol. The summed E-state index contributed by atoms with van der Waals surface area (Å²) < 4.78 is 1.52. The number of nitriles is 1. The SMILES string of the molecule is CC.CC.N#Cc1cccc(CN2CCc3cnn(Cc4ccc(Cl)cc4)c(=O)c3C2)c1. The molecule has 6 heteroatoms. The molecule has 0 aliphatic carbocycles. The third-order valence-corrected chi connectivity index (χ3v) is 5.27. The number of nitrogens with zero attached hydrogens (tertiary/aromatic N) is 4. The van der Waals surface area contributed by atoms with Gasteiger partial charge in [-0.15, -0.1) is 0 Å². The van der Waals surface area contributed by atoms with Crippen LogP contribution in [0.3, 0.4) is 0 Å². The van der Waals surface area contributed by atoms with Gasteiger partial charge in [-0.2, -0.15) is 10.4 Å². The van der Waals surface area contributed by atoms with Crippen molar-refractivity contribution in [1.82, 2.24) is 14.7 Å². The average molecular weight is 451 g/mol. The van der Waals surface area contributed by atoms with Gasteiger partial charge in [-0.3, -0.25) is 9.69 Å². The van der Waals surface area contributed by atoms with Crippen LogP contribution in [0.4, 0.5) is 0 Å². The van der Waals surface area contributed by atoms with E-state index in [1.165, 1.54) is 4.68 Å². The van der Waals surface area contributed by atoms with E-state index in [0.717, 1.165) is 35.2 Å². The molecule has 0 fully saturated rings. The lowest BCUT2D eigenvalue weighted by molar-refractivity contribution is 0.242. The Morgan fingerprint density at radius 1 is 1.03 bits per heavy atom. The minimum Gasteiger partial charge on any atom is -0.294 e. The van der Waals surface area contributed by atoms with E-state index in [1.54, 1.807) is 6.07 Å². The van der Waals surface area contributed by atoms with Crippen LogP contribution in [-0.2, 0) is 26.1 Å². The molecule has 1 aromatic heterocycles. The maximum Gasteiger partial charge on any atom is 0.271 e. The summed E-state index contributed by atoms with van der Waals surface area (Å²) in [6, 6.07) is 17.2. The van der Waals surface area contributed by atoms with Crippen LogP contribution in [0.1, 0.15) is 55.5 Å². The van der Waals surface area contributed by atoms with Crippen LogP contribution in [0.5, 0.6) is 0 Å². The number of hydrogen-bond donors (Lipinski definition) is 0. The van der Waals surface area contributed by atoms with E-state index in [2.05, 4.69) is 16.1 Å². The van der Waals surface area contributed by atoms with Gasteiger partial charge in [0.1, 0.15) is 0 Å². The summed E-state index contributed by atoms with van der Waals surface area (Å²) in [6.45, 7) is 10.6. The molecular formula is C26H31ClN4O. The third kappa shape index (κ3) is 6.53. The Labute approximate surface area is 195 Å². The molecule has 32 heavy (non-hydrogen) atoms. The van der Waals surface area contributed by atoms with Crippen molar-refractivity contribution in [3.8, 4) is 6.07 Å². The second kappa shape index (κ2) is 12.8. The minimum atomic E-state index is -0.0390. The summed E-state index contributed by atoms with van der Waals surface area (Å²) in [7, 11) is 0. The van der Waals surface area contributed by atoms with Gasteiger partial charge < -0.3 is 0 Å². The zero-order valence-electron chi connectivity index (χ0n) is 19.3. The normalized spacial score (nSPS) is 12.4. The van der Waals surface area contributed by atoms with E-state index in [1.807, 2.05) is 76.4 Å². The van der Waals surface area contributed by atoms with E-state index in [4.69, 9.17) is 16.9 Å². The summed E-state index contributed by atoms with van der Waals surface area (Å²) in [5.41, 5.74) is 4.52. The summed E-state index contributed by atoms with van der Waals surface area (Å²) in [5, 5.41) is 14.1. The second-order valence-corrected chi connectivity index (χ2v) is 7.45. The summed E-state index contributed by atoms with van der Waals surface area (Å²) in [6.07, 6.45) is 2.62. The first-order valence-electron chi connectivity index (χ1n) is 11.2. The predicted octanol–water partition coefficient (Wildman–Crippen LogP) is 5.43. The lowest BCUT2D eigenvalue weighted by Gasteiger charge is -2.28. The smallest absolute Gasteiger partial charge is 0.271 e. The van der Waals surface area contributed by atoms with E-state index in [-0.39, 0.29) is 5.56 Å². The summed E-state index contributed by atoms with van der Waals surface area (Å²) in [4.78, 5) is 15.2. The van der Waals surface area contributed by atoms with Crippen molar-refractivity contribution in [3.05, 3.63) is 97.9 Å². The molecule has 0 amide bonds. The molecule has 4 rings (SSSR count). The van der Waals surface area contributed by atoms with Crippen molar-refractivity contribution >= 4 is 11.6 Å². The van der Waals surface area contributed by atoms with Crippen LogP contribution in [0.15, 0.2) is 59.5 Å². The van der Waals surface area contributed by atoms with Gasteiger partial charge in [0.15, 0.2) is 0 Å². The molecule has 0 saturated heterocycles. The molecule has 1 aliphatic heterocycles. The van der Waals surface area contributed by atoms with Crippen molar-refractivity contribution < 1.29 is 0 Å². The van der Waals surface area contributed by atoms with Crippen LogP contribution in [-0.4, -0.2) is 21.2 Å². The summed E-state index contributed by atoms with van der Waals surface area (Å²) >= 11 is 5.93. The van der Waals surface area contributed by atoms with Gasteiger partial charge in [-0.1, -0.05) is 63.6 Å². The van der Waals surface area contributed by atoms with Crippen LogP contribution in [0.25, 0.3) is 0 Å². The number of rotatable bonds is 4. The first kappa shape index (κ1) is 25.3. The van der Waals surface area contributed by atoms with Gasteiger partial charge in [0.2, 0.25) is 0 Å². The fourth-order valence-electron chi connectivity index (χ4n) is 3.54. The highest BCUT2D eigenvalue weighted by atomic mass is 35.5. The summed E-state index contributed by atoms with van der Waals surface area (Å²) in [5.74, 6) is 0. The highest BCUT2D eigenvalue weighted by Crippen LogP contribution is 2.18. The Morgan fingerprint density at radius 2 is 1.75 bits per heavy atom. The molecule has 0 radical (unpaired) electrons. The van der Waals surface area contributed by atoms with Crippen LogP contribution in [0.2, 0.25) is 5.02 Å². The maximum atomic E-state index is 13.0. The van der Waals surface area contributed by atoms with Crippen molar-refractivity contribution in [1.29, 1.82) is 5.26 Å². The Balaban J connectivity index is 0.000000860. The van der Waals surface area contributed by atoms with E-state index in [9.17, 15) is 4.79 Å². The Kier molecular flexibility index (Phi) is 10.1. The standard InChI is InChI=1S/C22H19ClN4O.2C2H6/c23-20-6-4-16(5-7-20)14-27-22(28)21-15-26(9-8-19(21)12-25-27)13-18-3-1-2-17(10-18)11-24;2*1-2/h1-7,10,12H,8-9,13-15H2;2*1-2H3. The second-order valence-electron chi connectivity index (χ2n) is 7.01. The molecule has 3 aromatic rings. The number of hydrogen-bond acceptors (Lipinski definition) is 4. The lowest BCUT2D eigenvalue weighted by atomic mass is 10.0. The zero-order valence-corrected chi connectivity index (χ0v) is 20.1. The van der Waals surface area contributed by atoms with E-state index < -0.39 is 0 Å². The molecule has 0 spiro atoms. The van der Waals surface area contributed by atoms with Crippen molar-refractivity contribution in [2.24, 2.45) is 0 Å². The molecule has 0 unspecified atom stereocenters. The molecule has 2 heterocycles. The monoisotopic (exact) mass is 450 g/mol. The fourth-order valence-corrected chi connectivity index (χ4v) is 3.66. The van der Waals surface area contributed by atoms with Gasteiger partial charge in [0.05, 0.1) is 24.4 Å². The first-order chi connectivity index (χ1) is 15.6. The van der Waals surface area contributed by atoms with E-state index >= 15 is 0 Å². The number of halogens is 1. The van der Waals surface area contributed by atoms with Crippen LogP contribution < -0.4 is 5.56 Å². The molecule has 0 saturated carbocycles. The topological polar surface area (TPSA) is 61.9 Å². The Morgan fingerprint density at radius 3 is 2.44 bits per heavy atom. The van der Waals surface area contributed by atoms with Crippen LogP contribution in [0, 0.1) is 11.3 Å². The highest BCUT2D eigenvalue weighted by molar-refractivity contribution is 6.30. The molecule has 1 aliphatic rings. The van der Waals surface area contributed by atoms with Gasteiger partial charge in [0.25, 0.3) is 5.56 Å². The number of fused-ring (bicyclic) bond motifs is 1. The molecule has 0 N–H and O–H groups in total. The number of aromatic nitrogens is 2. The largest absolute Gasteiger partial charge is 0.294 e. The average Bonchev–Trinajstić information content (AvgIpc) is 2.85. The zero-order chi connectivity index (χ0) is 23.5. The minimum absolute atomic E-state index is 0.0390. The number of benzene rings is 2. The quantitative estimate of drug-likeness (QED) is 0.531. The molecule has 0 bridgehead atoms. The van der Waals surface area contributed by atoms with E-state index in [0.29, 0.717) is 30.2 Å². The van der Waals surface area contributed by atoms with Gasteiger partial charge >= 0.3 is 0 Å². The predicted molar refractivity (Wildman–Crippen MR) is 131 cm³/mol. The fraction of sp³-hybridized carbons (Fsp3) is 0.346. The van der Waals surface area contributed by atoms with Crippen LogP contribution >= 0.6 is 11.6 Å². The van der Waals surface area contributed by atoms with Crippen molar-refractivity contribution in [3.63, 3.8) is 0 Å². The van der Waals surface area contributed by atoms with Crippen molar-refractivity contribution in [2.75, 3.05) is 6.54 Å². The Bertz CT molecular complexity index is 1100. The molecule has 168 valence electrons. The first-order valence-corrected chi connectivity index (χ1v) is 11.5. The van der Waals surface area contributed by atoms with Gasteiger partial charge in [-0.05, 0) is 47.4 Å². The molecule has 2 aromatic carbocycles. The van der Waals surface area contributed by atoms with Gasteiger partial charge in [-0.25, -0.2) is 4.68 Å². The maximum absolute atomic E-state index is 13.0.